The Hall–Kier alpha value is -6.32. The number of nitrogens with zero attached hydrogens (tertiary/aromatic N) is 2. The molecule has 2 aliphatic heterocycles. The molecule has 0 saturated carbocycles. The third-order valence-electron chi connectivity index (χ3n) is 10.9. The normalized spacial score (nSPS) is 13.2. The average molecular weight is 635 g/mol. The van der Waals surface area contributed by atoms with Crippen LogP contribution in [-0.4, -0.2) is 6.71 Å². The highest BCUT2D eigenvalue weighted by atomic mass is 15.2. The summed E-state index contributed by atoms with van der Waals surface area (Å²) in [5.74, 6) is 0. The van der Waals surface area contributed by atoms with E-state index in [1.54, 1.807) is 0 Å². The van der Waals surface area contributed by atoms with Gasteiger partial charge in [-0.2, -0.15) is 0 Å². The van der Waals surface area contributed by atoms with Crippen molar-refractivity contribution in [2.45, 2.75) is 6.92 Å². The summed E-state index contributed by atoms with van der Waals surface area (Å²) in [6, 6.07) is 63.4. The smallest absolute Gasteiger partial charge is 0.252 e. The van der Waals surface area contributed by atoms with Crippen LogP contribution in [0.2, 0.25) is 0 Å². The van der Waals surface area contributed by atoms with Crippen LogP contribution in [0.1, 0.15) is 5.56 Å². The molecule has 0 N–H and O–H groups in total. The highest BCUT2D eigenvalue weighted by Crippen LogP contribution is 2.46. The quantitative estimate of drug-likeness (QED) is 0.175. The van der Waals surface area contributed by atoms with E-state index in [1.165, 1.54) is 99.2 Å². The number of aryl methyl sites for hydroxylation is 1. The van der Waals surface area contributed by atoms with Crippen molar-refractivity contribution in [1.29, 1.82) is 0 Å². The highest BCUT2D eigenvalue weighted by molar-refractivity contribution is 7.00. The third kappa shape index (κ3) is 3.98. The molecule has 0 spiro atoms. The number of fused-ring (bicyclic) bond motifs is 8. The fraction of sp³-hybridized carbons (Fsp3) is 0.0213. The Bertz CT molecular complexity index is 2680. The van der Waals surface area contributed by atoms with Gasteiger partial charge in [-0.1, -0.05) is 121 Å². The second kappa shape index (κ2) is 10.3. The summed E-state index contributed by atoms with van der Waals surface area (Å²) in [7, 11) is 0. The largest absolute Gasteiger partial charge is 0.311 e. The Balaban J connectivity index is 1.27. The van der Waals surface area contributed by atoms with Crippen molar-refractivity contribution >= 4 is 100 Å². The van der Waals surface area contributed by atoms with E-state index < -0.39 is 0 Å². The molecule has 9 aromatic rings. The summed E-state index contributed by atoms with van der Waals surface area (Å²) in [4.78, 5) is 5.06. The lowest BCUT2D eigenvalue weighted by Crippen LogP contribution is -2.61. The zero-order valence-electron chi connectivity index (χ0n) is 27.6. The Morgan fingerprint density at radius 2 is 0.700 bits per heavy atom. The molecule has 9 aromatic carbocycles. The van der Waals surface area contributed by atoms with Crippen LogP contribution >= 0.6 is 0 Å². The maximum absolute atomic E-state index is 2.53. The van der Waals surface area contributed by atoms with Gasteiger partial charge in [0.15, 0.2) is 0 Å². The van der Waals surface area contributed by atoms with Crippen molar-refractivity contribution in [2.75, 3.05) is 9.80 Å². The molecule has 0 aromatic heterocycles. The van der Waals surface area contributed by atoms with Crippen LogP contribution in [-0.2, 0) is 0 Å². The lowest BCUT2D eigenvalue weighted by atomic mass is 9.33. The molecule has 0 aliphatic carbocycles. The van der Waals surface area contributed by atoms with Crippen molar-refractivity contribution in [3.63, 3.8) is 0 Å². The fourth-order valence-corrected chi connectivity index (χ4v) is 8.69. The van der Waals surface area contributed by atoms with Crippen molar-refractivity contribution in [3.8, 4) is 0 Å². The fourth-order valence-electron chi connectivity index (χ4n) is 8.69. The first-order valence-electron chi connectivity index (χ1n) is 17.5. The molecule has 3 heteroatoms. The molecule has 232 valence electrons. The van der Waals surface area contributed by atoms with Gasteiger partial charge in [0.25, 0.3) is 6.71 Å². The van der Waals surface area contributed by atoms with E-state index in [9.17, 15) is 0 Å². The molecule has 11 rings (SSSR count). The van der Waals surface area contributed by atoms with Gasteiger partial charge in [0.2, 0.25) is 0 Å². The Labute approximate surface area is 291 Å². The Morgan fingerprint density at radius 3 is 1.12 bits per heavy atom. The van der Waals surface area contributed by atoms with E-state index in [2.05, 4.69) is 187 Å². The minimum absolute atomic E-state index is 0.0632. The predicted molar refractivity (Wildman–Crippen MR) is 215 cm³/mol. The van der Waals surface area contributed by atoms with Crippen LogP contribution < -0.4 is 26.2 Å². The van der Waals surface area contributed by atoms with E-state index in [-0.39, 0.29) is 6.71 Å². The zero-order valence-corrected chi connectivity index (χ0v) is 27.6. The lowest BCUT2D eigenvalue weighted by Gasteiger charge is -2.44. The molecule has 2 nitrogen and oxygen atoms in total. The van der Waals surface area contributed by atoms with Crippen molar-refractivity contribution in [2.24, 2.45) is 0 Å². The second-order valence-corrected chi connectivity index (χ2v) is 13.9. The van der Waals surface area contributed by atoms with Gasteiger partial charge in [0.05, 0.1) is 0 Å². The Kier molecular flexibility index (Phi) is 5.71. The number of anilines is 6. The van der Waals surface area contributed by atoms with Gasteiger partial charge in [-0.05, 0) is 120 Å². The summed E-state index contributed by atoms with van der Waals surface area (Å²) in [5.41, 5.74) is 12.6. The van der Waals surface area contributed by atoms with Crippen LogP contribution in [0.25, 0.3) is 43.1 Å². The molecular weight excluding hydrogens is 603 g/mol. The molecule has 2 aliphatic rings. The van der Waals surface area contributed by atoms with Crippen LogP contribution in [0.4, 0.5) is 34.1 Å². The molecule has 0 saturated heterocycles. The zero-order chi connectivity index (χ0) is 32.9. The van der Waals surface area contributed by atoms with E-state index >= 15 is 0 Å². The van der Waals surface area contributed by atoms with Gasteiger partial charge in [0.1, 0.15) is 0 Å². The molecule has 50 heavy (non-hydrogen) atoms. The van der Waals surface area contributed by atoms with Gasteiger partial charge in [-0.3, -0.25) is 0 Å². The van der Waals surface area contributed by atoms with Crippen LogP contribution in [0, 0.1) is 6.92 Å². The first-order valence-corrected chi connectivity index (χ1v) is 17.5. The van der Waals surface area contributed by atoms with Crippen molar-refractivity contribution < 1.29 is 0 Å². The molecular formula is C47H31BN2. The first-order chi connectivity index (χ1) is 24.7. The predicted octanol–water partition coefficient (Wildman–Crippen LogP) is 10.7. The van der Waals surface area contributed by atoms with Crippen molar-refractivity contribution in [3.05, 3.63) is 175 Å². The number of hydrogen-bond donors (Lipinski definition) is 0. The topological polar surface area (TPSA) is 6.48 Å². The lowest BCUT2D eigenvalue weighted by molar-refractivity contribution is 1.25. The van der Waals surface area contributed by atoms with Gasteiger partial charge in [-0.15, -0.1) is 0 Å². The van der Waals surface area contributed by atoms with E-state index in [4.69, 9.17) is 0 Å². The maximum atomic E-state index is 2.53. The number of rotatable bonds is 2. The third-order valence-corrected chi connectivity index (χ3v) is 10.9. The molecule has 2 heterocycles. The number of hydrogen-bond acceptors (Lipinski definition) is 2. The van der Waals surface area contributed by atoms with Gasteiger partial charge in [0, 0.05) is 34.1 Å². The summed E-state index contributed by atoms with van der Waals surface area (Å²) >= 11 is 0. The minimum Gasteiger partial charge on any atom is -0.311 e. The maximum Gasteiger partial charge on any atom is 0.252 e. The van der Waals surface area contributed by atoms with Crippen LogP contribution in [0.5, 0.6) is 0 Å². The second-order valence-electron chi connectivity index (χ2n) is 13.9. The van der Waals surface area contributed by atoms with Crippen LogP contribution in [0.15, 0.2) is 170 Å². The molecule has 0 radical (unpaired) electrons. The summed E-state index contributed by atoms with van der Waals surface area (Å²) < 4.78 is 0. The molecule has 0 atom stereocenters. The highest BCUT2D eigenvalue weighted by Gasteiger charge is 2.43. The molecule has 0 unspecified atom stereocenters. The first kappa shape index (κ1) is 27.6. The van der Waals surface area contributed by atoms with Gasteiger partial charge >= 0.3 is 0 Å². The summed E-state index contributed by atoms with van der Waals surface area (Å²) in [5, 5.41) is 10.0. The standard InChI is InChI=1S/C47H31BN2/c1-30-22-45-47-46(23-30)50(40-21-19-32-11-3-5-13-34(32)25-40)44-29-38-17-9-7-15-36(38)27-42(44)48(47)41-26-35-14-6-8-16-37(35)28-43(41)49(45)39-20-18-31-10-2-4-12-33(31)24-39/h2-29H,1H3. The summed E-state index contributed by atoms with van der Waals surface area (Å²) in [6.07, 6.45) is 0. The minimum atomic E-state index is 0.0632. The average Bonchev–Trinajstić information content (AvgIpc) is 3.16. The molecule has 0 bridgehead atoms. The molecule has 0 amide bonds. The molecule has 0 fully saturated rings. The van der Waals surface area contributed by atoms with Crippen LogP contribution in [0.3, 0.4) is 0 Å². The Morgan fingerprint density at radius 1 is 0.340 bits per heavy atom. The van der Waals surface area contributed by atoms with Crippen molar-refractivity contribution in [1.82, 2.24) is 0 Å². The summed E-state index contributed by atoms with van der Waals surface area (Å²) in [6.45, 7) is 2.31. The van der Waals surface area contributed by atoms with E-state index in [0.29, 0.717) is 0 Å². The van der Waals surface area contributed by atoms with Gasteiger partial charge in [-0.25, -0.2) is 0 Å². The van der Waals surface area contributed by atoms with E-state index in [1.807, 2.05) is 0 Å². The van der Waals surface area contributed by atoms with Gasteiger partial charge < -0.3 is 9.80 Å². The van der Waals surface area contributed by atoms with E-state index in [0.717, 1.165) is 0 Å². The SMILES string of the molecule is Cc1cc2c3c(c1)N(c1ccc4ccccc4c1)c1cc4ccccc4cc1B3c1cc3ccccc3cc1N2c1ccc2ccccc2c1. The number of benzene rings is 9. The monoisotopic (exact) mass is 634 g/mol.